The van der Waals surface area contributed by atoms with Crippen LogP contribution in [-0.4, -0.2) is 33.2 Å². The minimum absolute atomic E-state index is 0.0654. The Labute approximate surface area is 116 Å². The third-order valence-electron chi connectivity index (χ3n) is 2.66. The first kappa shape index (κ1) is 13.7. The summed E-state index contributed by atoms with van der Waals surface area (Å²) in [7, 11) is 0. The Morgan fingerprint density at radius 3 is 2.89 bits per heavy atom. The Morgan fingerprint density at radius 1 is 1.32 bits per heavy atom. The van der Waals surface area contributed by atoms with Crippen LogP contribution < -0.4 is 5.32 Å². The van der Waals surface area contributed by atoms with Crippen LogP contribution in [0.5, 0.6) is 0 Å². The normalized spacial score (nSPS) is 12.1. The average Bonchev–Trinajstić information content (AvgIpc) is 2.44. The molecule has 0 aromatic carbocycles. The van der Waals surface area contributed by atoms with Gasteiger partial charge < -0.3 is 10.4 Å². The van der Waals surface area contributed by atoms with E-state index < -0.39 is 0 Å². The molecule has 0 bridgehead atoms. The van der Waals surface area contributed by atoms with Gasteiger partial charge in [-0.05, 0) is 18.6 Å². The van der Waals surface area contributed by atoms with Gasteiger partial charge in [-0.25, -0.2) is 4.98 Å². The summed E-state index contributed by atoms with van der Waals surface area (Å²) in [5.74, 6) is 0.669. The molecule has 0 saturated heterocycles. The first-order valence-electron chi connectivity index (χ1n) is 6.00. The van der Waals surface area contributed by atoms with Crippen LogP contribution in [-0.2, 0) is 6.42 Å². The SMILES string of the molecule is OCC(CNc1cncc(Cl)n1)Cc1ccccn1. The van der Waals surface area contributed by atoms with E-state index in [0.29, 0.717) is 23.9 Å². The number of nitrogens with zero attached hydrogens (tertiary/aromatic N) is 3. The van der Waals surface area contributed by atoms with Crippen molar-refractivity contribution in [1.82, 2.24) is 15.0 Å². The summed E-state index contributed by atoms with van der Waals surface area (Å²) >= 11 is 5.75. The number of aliphatic hydroxyl groups excluding tert-OH is 1. The first-order valence-corrected chi connectivity index (χ1v) is 6.38. The van der Waals surface area contributed by atoms with Gasteiger partial charge in [-0.2, -0.15) is 0 Å². The highest BCUT2D eigenvalue weighted by Gasteiger charge is 2.09. The van der Waals surface area contributed by atoms with Crippen molar-refractivity contribution in [3.63, 3.8) is 0 Å². The molecule has 6 heteroatoms. The lowest BCUT2D eigenvalue weighted by Crippen LogP contribution is -2.21. The Bertz CT molecular complexity index is 509. The Balaban J connectivity index is 1.89. The highest BCUT2D eigenvalue weighted by atomic mass is 35.5. The number of aromatic nitrogens is 3. The molecule has 0 aliphatic carbocycles. The van der Waals surface area contributed by atoms with Gasteiger partial charge in [0.2, 0.25) is 0 Å². The van der Waals surface area contributed by atoms with Crippen LogP contribution >= 0.6 is 11.6 Å². The van der Waals surface area contributed by atoms with Gasteiger partial charge in [-0.1, -0.05) is 17.7 Å². The first-order chi connectivity index (χ1) is 9.28. The zero-order chi connectivity index (χ0) is 13.5. The molecule has 0 spiro atoms. The summed E-state index contributed by atoms with van der Waals surface area (Å²) in [5.41, 5.74) is 0.959. The van der Waals surface area contributed by atoms with Crippen molar-refractivity contribution in [2.24, 2.45) is 5.92 Å². The molecule has 0 saturated carbocycles. The van der Waals surface area contributed by atoms with Crippen LogP contribution in [0.25, 0.3) is 0 Å². The molecule has 5 nitrogen and oxygen atoms in total. The summed E-state index contributed by atoms with van der Waals surface area (Å²) in [5, 5.41) is 12.8. The number of halogens is 1. The van der Waals surface area contributed by atoms with Gasteiger partial charge in [-0.3, -0.25) is 9.97 Å². The minimum Gasteiger partial charge on any atom is -0.396 e. The molecular formula is C13H15ClN4O. The van der Waals surface area contributed by atoms with Gasteiger partial charge in [0.15, 0.2) is 0 Å². The van der Waals surface area contributed by atoms with E-state index >= 15 is 0 Å². The van der Waals surface area contributed by atoms with Gasteiger partial charge in [0, 0.05) is 31.0 Å². The molecule has 100 valence electrons. The number of rotatable bonds is 6. The number of nitrogens with one attached hydrogen (secondary N) is 1. The number of aliphatic hydroxyl groups is 1. The average molecular weight is 279 g/mol. The fraction of sp³-hybridized carbons (Fsp3) is 0.308. The molecule has 0 fully saturated rings. The molecule has 19 heavy (non-hydrogen) atoms. The second-order valence-electron chi connectivity index (χ2n) is 4.18. The van der Waals surface area contributed by atoms with Crippen molar-refractivity contribution in [2.75, 3.05) is 18.5 Å². The molecule has 0 radical (unpaired) electrons. The summed E-state index contributed by atoms with van der Waals surface area (Å²) in [6, 6.07) is 5.76. The predicted molar refractivity (Wildman–Crippen MR) is 74.0 cm³/mol. The van der Waals surface area contributed by atoms with Crippen LogP contribution in [0.15, 0.2) is 36.8 Å². The van der Waals surface area contributed by atoms with Crippen molar-refractivity contribution < 1.29 is 5.11 Å². The number of anilines is 1. The van der Waals surface area contributed by atoms with Crippen molar-refractivity contribution >= 4 is 17.4 Å². The molecular weight excluding hydrogens is 264 g/mol. The minimum atomic E-state index is 0.0654. The second kappa shape index (κ2) is 7.01. The van der Waals surface area contributed by atoms with Crippen LogP contribution in [0.1, 0.15) is 5.69 Å². The molecule has 2 N–H and O–H groups in total. The summed E-state index contributed by atoms with van der Waals surface area (Å²) in [6.07, 6.45) is 5.53. The standard InChI is InChI=1S/C13H15ClN4O/c14-12-7-15-8-13(18-12)17-6-10(9-19)5-11-3-1-2-4-16-11/h1-4,7-8,10,19H,5-6,9H2,(H,17,18). The lowest BCUT2D eigenvalue weighted by atomic mass is 10.0. The van der Waals surface area contributed by atoms with E-state index in [1.807, 2.05) is 18.2 Å². The van der Waals surface area contributed by atoms with E-state index in [-0.39, 0.29) is 12.5 Å². The number of pyridine rings is 1. The van der Waals surface area contributed by atoms with Gasteiger partial charge in [0.05, 0.1) is 12.4 Å². The van der Waals surface area contributed by atoms with Crippen molar-refractivity contribution in [3.8, 4) is 0 Å². The zero-order valence-electron chi connectivity index (χ0n) is 10.3. The second-order valence-corrected chi connectivity index (χ2v) is 4.57. The van der Waals surface area contributed by atoms with Crippen LogP contribution in [0, 0.1) is 5.92 Å². The summed E-state index contributed by atoms with van der Waals surface area (Å²) in [6.45, 7) is 0.666. The molecule has 2 aromatic heterocycles. The van der Waals surface area contributed by atoms with Gasteiger partial charge in [-0.15, -0.1) is 0 Å². The maximum absolute atomic E-state index is 9.39. The lowest BCUT2D eigenvalue weighted by Gasteiger charge is -2.14. The van der Waals surface area contributed by atoms with E-state index in [9.17, 15) is 5.11 Å². The smallest absolute Gasteiger partial charge is 0.149 e. The van der Waals surface area contributed by atoms with Crippen molar-refractivity contribution in [3.05, 3.63) is 47.6 Å². The maximum atomic E-state index is 9.39. The van der Waals surface area contributed by atoms with Crippen LogP contribution in [0.4, 0.5) is 5.82 Å². The van der Waals surface area contributed by atoms with Gasteiger partial charge in [0.1, 0.15) is 11.0 Å². The van der Waals surface area contributed by atoms with Crippen LogP contribution in [0.2, 0.25) is 5.15 Å². The van der Waals surface area contributed by atoms with E-state index in [1.165, 1.54) is 6.20 Å². The third kappa shape index (κ3) is 4.46. The molecule has 0 amide bonds. The molecule has 1 atom stereocenters. The Hall–Kier alpha value is -1.72. The lowest BCUT2D eigenvalue weighted by molar-refractivity contribution is 0.232. The highest BCUT2D eigenvalue weighted by Crippen LogP contribution is 2.10. The molecule has 2 aromatic rings. The van der Waals surface area contributed by atoms with Crippen molar-refractivity contribution in [1.29, 1.82) is 0 Å². The quantitative estimate of drug-likeness (QED) is 0.843. The molecule has 0 aliphatic rings. The fourth-order valence-corrected chi connectivity index (χ4v) is 1.84. The monoisotopic (exact) mass is 278 g/mol. The maximum Gasteiger partial charge on any atom is 0.149 e. The Morgan fingerprint density at radius 2 is 2.21 bits per heavy atom. The van der Waals surface area contributed by atoms with E-state index in [1.54, 1.807) is 12.4 Å². The van der Waals surface area contributed by atoms with Crippen molar-refractivity contribution in [2.45, 2.75) is 6.42 Å². The van der Waals surface area contributed by atoms with Crippen LogP contribution in [0.3, 0.4) is 0 Å². The third-order valence-corrected chi connectivity index (χ3v) is 2.84. The number of hydrogen-bond donors (Lipinski definition) is 2. The highest BCUT2D eigenvalue weighted by molar-refractivity contribution is 6.29. The molecule has 2 heterocycles. The van der Waals surface area contributed by atoms with Gasteiger partial charge in [0.25, 0.3) is 0 Å². The number of hydrogen-bond acceptors (Lipinski definition) is 5. The molecule has 2 rings (SSSR count). The zero-order valence-corrected chi connectivity index (χ0v) is 11.1. The Kier molecular flexibility index (Phi) is 5.06. The van der Waals surface area contributed by atoms with E-state index in [0.717, 1.165) is 5.69 Å². The predicted octanol–water partition coefficient (Wildman–Crippen LogP) is 1.79. The topological polar surface area (TPSA) is 70.9 Å². The van der Waals surface area contributed by atoms with E-state index in [4.69, 9.17) is 11.6 Å². The van der Waals surface area contributed by atoms with E-state index in [2.05, 4.69) is 20.3 Å². The fourth-order valence-electron chi connectivity index (χ4n) is 1.69. The molecule has 1 unspecified atom stereocenters. The summed E-state index contributed by atoms with van der Waals surface area (Å²) < 4.78 is 0. The molecule has 0 aliphatic heterocycles. The summed E-state index contributed by atoms with van der Waals surface area (Å²) in [4.78, 5) is 12.3. The largest absolute Gasteiger partial charge is 0.396 e. The van der Waals surface area contributed by atoms with Gasteiger partial charge >= 0.3 is 0 Å².